The Bertz CT molecular complexity index is 380. The molecule has 0 spiro atoms. The molecular weight excluding hydrogens is 208 g/mol. The summed E-state index contributed by atoms with van der Waals surface area (Å²) in [6, 6.07) is 0. The van der Waals surface area contributed by atoms with Crippen molar-refractivity contribution in [3.8, 4) is 0 Å². The molecule has 0 aliphatic heterocycles. The fraction of sp³-hybridized carbons (Fsp3) is 0.273. The van der Waals surface area contributed by atoms with E-state index < -0.39 is 0 Å². The second-order valence-electron chi connectivity index (χ2n) is 2.87. The number of hydrogen-bond donors (Lipinski definition) is 1. The van der Waals surface area contributed by atoms with E-state index >= 15 is 0 Å². The SMILES string of the molecule is C/C=C/C=C/C(=O)Nc1nc(CC)cs1. The predicted octanol–water partition coefficient (Wildman–Crippen LogP) is 2.78. The van der Waals surface area contributed by atoms with Gasteiger partial charge in [-0.25, -0.2) is 4.98 Å². The zero-order valence-corrected chi connectivity index (χ0v) is 9.67. The third kappa shape index (κ3) is 4.08. The maximum absolute atomic E-state index is 11.3. The normalized spacial score (nSPS) is 11.3. The zero-order valence-electron chi connectivity index (χ0n) is 8.86. The van der Waals surface area contributed by atoms with Crippen molar-refractivity contribution < 1.29 is 4.79 Å². The van der Waals surface area contributed by atoms with E-state index in [4.69, 9.17) is 0 Å². The molecule has 1 N–H and O–H groups in total. The third-order valence-electron chi connectivity index (χ3n) is 1.70. The molecule has 1 aromatic rings. The highest BCUT2D eigenvalue weighted by Gasteiger charge is 2.01. The van der Waals surface area contributed by atoms with E-state index in [0.717, 1.165) is 12.1 Å². The Hall–Kier alpha value is -1.42. The van der Waals surface area contributed by atoms with Gasteiger partial charge < -0.3 is 0 Å². The highest BCUT2D eigenvalue weighted by molar-refractivity contribution is 7.13. The summed E-state index contributed by atoms with van der Waals surface area (Å²) in [6.45, 7) is 3.93. The minimum atomic E-state index is -0.148. The summed E-state index contributed by atoms with van der Waals surface area (Å²) in [5.74, 6) is -0.148. The van der Waals surface area contributed by atoms with Crippen LogP contribution in [-0.4, -0.2) is 10.9 Å². The molecule has 0 radical (unpaired) electrons. The summed E-state index contributed by atoms with van der Waals surface area (Å²) in [6.07, 6.45) is 7.73. The number of rotatable bonds is 4. The molecule has 1 rings (SSSR count). The van der Waals surface area contributed by atoms with Crippen LogP contribution in [0.15, 0.2) is 29.7 Å². The van der Waals surface area contributed by atoms with Crippen molar-refractivity contribution in [1.29, 1.82) is 0 Å². The Balaban J connectivity index is 2.51. The predicted molar refractivity (Wildman–Crippen MR) is 64.1 cm³/mol. The molecule has 4 heteroatoms. The Morgan fingerprint density at radius 2 is 2.40 bits per heavy atom. The lowest BCUT2D eigenvalue weighted by Gasteiger charge is -1.94. The van der Waals surface area contributed by atoms with Crippen LogP contribution in [-0.2, 0) is 11.2 Å². The van der Waals surface area contributed by atoms with Crippen LogP contribution in [0.1, 0.15) is 19.5 Å². The molecule has 80 valence electrons. The average molecular weight is 222 g/mol. The highest BCUT2D eigenvalue weighted by Crippen LogP contribution is 2.15. The molecule has 0 fully saturated rings. The van der Waals surface area contributed by atoms with Crippen molar-refractivity contribution >= 4 is 22.4 Å². The quantitative estimate of drug-likeness (QED) is 0.628. The van der Waals surface area contributed by atoms with E-state index in [1.54, 1.807) is 12.2 Å². The van der Waals surface area contributed by atoms with Crippen LogP contribution >= 0.6 is 11.3 Å². The van der Waals surface area contributed by atoms with E-state index in [-0.39, 0.29) is 5.91 Å². The maximum Gasteiger partial charge on any atom is 0.250 e. The molecule has 0 aromatic carbocycles. The van der Waals surface area contributed by atoms with Crippen LogP contribution < -0.4 is 5.32 Å². The number of carbonyl (C=O) groups excluding carboxylic acids is 1. The molecule has 1 heterocycles. The van der Waals surface area contributed by atoms with E-state index in [1.165, 1.54) is 17.4 Å². The van der Waals surface area contributed by atoms with Crippen LogP contribution in [0.4, 0.5) is 5.13 Å². The number of carbonyl (C=O) groups is 1. The minimum Gasteiger partial charge on any atom is -0.298 e. The van der Waals surface area contributed by atoms with Gasteiger partial charge >= 0.3 is 0 Å². The fourth-order valence-electron chi connectivity index (χ4n) is 0.928. The van der Waals surface area contributed by atoms with Gasteiger partial charge in [0.15, 0.2) is 5.13 Å². The van der Waals surface area contributed by atoms with Crippen molar-refractivity contribution in [1.82, 2.24) is 4.98 Å². The number of aryl methyl sites for hydroxylation is 1. The van der Waals surface area contributed by atoms with Crippen molar-refractivity contribution in [2.45, 2.75) is 20.3 Å². The average Bonchev–Trinajstić information content (AvgIpc) is 2.66. The molecule has 1 aromatic heterocycles. The number of allylic oxidation sites excluding steroid dienone is 3. The van der Waals surface area contributed by atoms with E-state index in [0.29, 0.717) is 5.13 Å². The van der Waals surface area contributed by atoms with Crippen LogP contribution in [0.5, 0.6) is 0 Å². The van der Waals surface area contributed by atoms with Gasteiger partial charge in [0.05, 0.1) is 5.69 Å². The molecule has 0 aliphatic rings. The molecule has 0 bridgehead atoms. The van der Waals surface area contributed by atoms with Gasteiger partial charge in [-0.3, -0.25) is 10.1 Å². The summed E-state index contributed by atoms with van der Waals surface area (Å²) in [4.78, 5) is 15.6. The first-order valence-corrected chi connectivity index (χ1v) is 5.69. The smallest absolute Gasteiger partial charge is 0.250 e. The molecule has 0 atom stereocenters. The summed E-state index contributed by atoms with van der Waals surface area (Å²) >= 11 is 1.45. The van der Waals surface area contributed by atoms with E-state index in [2.05, 4.69) is 10.3 Å². The first-order chi connectivity index (χ1) is 7.26. The number of nitrogens with one attached hydrogen (secondary N) is 1. The van der Waals surface area contributed by atoms with Gasteiger partial charge in [-0.05, 0) is 13.3 Å². The van der Waals surface area contributed by atoms with Crippen LogP contribution in [0.3, 0.4) is 0 Å². The lowest BCUT2D eigenvalue weighted by molar-refractivity contribution is -0.111. The molecule has 0 unspecified atom stereocenters. The molecule has 0 saturated heterocycles. The largest absolute Gasteiger partial charge is 0.298 e. The summed E-state index contributed by atoms with van der Waals surface area (Å²) in [5, 5.41) is 5.31. The summed E-state index contributed by atoms with van der Waals surface area (Å²) in [7, 11) is 0. The maximum atomic E-state index is 11.3. The number of thiazole rings is 1. The minimum absolute atomic E-state index is 0.148. The summed E-state index contributed by atoms with van der Waals surface area (Å²) in [5.41, 5.74) is 1.01. The fourth-order valence-corrected chi connectivity index (χ4v) is 1.72. The summed E-state index contributed by atoms with van der Waals surface area (Å²) < 4.78 is 0. The number of hydrogen-bond acceptors (Lipinski definition) is 3. The van der Waals surface area contributed by atoms with Crippen molar-refractivity contribution in [3.05, 3.63) is 35.4 Å². The van der Waals surface area contributed by atoms with Crippen LogP contribution in [0.2, 0.25) is 0 Å². The van der Waals surface area contributed by atoms with Crippen LogP contribution in [0, 0.1) is 0 Å². The van der Waals surface area contributed by atoms with Gasteiger partial charge in [0, 0.05) is 11.5 Å². The molecule has 0 saturated carbocycles. The Kier molecular flexibility index (Phi) is 4.77. The number of anilines is 1. The van der Waals surface area contributed by atoms with Gasteiger partial charge in [-0.1, -0.05) is 25.2 Å². The molecular formula is C11H14N2OS. The van der Waals surface area contributed by atoms with Crippen molar-refractivity contribution in [3.63, 3.8) is 0 Å². The topological polar surface area (TPSA) is 42.0 Å². The lowest BCUT2D eigenvalue weighted by atomic mass is 10.4. The van der Waals surface area contributed by atoms with E-state index in [9.17, 15) is 4.79 Å². The monoisotopic (exact) mass is 222 g/mol. The first-order valence-electron chi connectivity index (χ1n) is 4.81. The third-order valence-corrected chi connectivity index (χ3v) is 2.50. The first kappa shape index (κ1) is 11.7. The second-order valence-corrected chi connectivity index (χ2v) is 3.73. The van der Waals surface area contributed by atoms with Crippen molar-refractivity contribution in [2.24, 2.45) is 0 Å². The van der Waals surface area contributed by atoms with Crippen molar-refractivity contribution in [2.75, 3.05) is 5.32 Å². The zero-order chi connectivity index (χ0) is 11.1. The standard InChI is InChI=1S/C11H14N2OS/c1-3-5-6-7-10(14)13-11-12-9(4-2)8-15-11/h3,5-8H,4H2,1-2H3,(H,12,13,14)/b5-3+,7-6+. The Morgan fingerprint density at radius 1 is 1.60 bits per heavy atom. The molecule has 3 nitrogen and oxygen atoms in total. The van der Waals surface area contributed by atoms with Gasteiger partial charge in [0.1, 0.15) is 0 Å². The number of aromatic nitrogens is 1. The molecule has 0 aliphatic carbocycles. The molecule has 15 heavy (non-hydrogen) atoms. The second kappa shape index (κ2) is 6.14. The van der Waals surface area contributed by atoms with Gasteiger partial charge in [-0.15, -0.1) is 11.3 Å². The van der Waals surface area contributed by atoms with E-state index in [1.807, 2.05) is 25.3 Å². The number of amides is 1. The highest BCUT2D eigenvalue weighted by atomic mass is 32.1. The lowest BCUT2D eigenvalue weighted by Crippen LogP contribution is -2.07. The van der Waals surface area contributed by atoms with Gasteiger partial charge in [0.25, 0.3) is 0 Å². The Morgan fingerprint density at radius 3 is 3.00 bits per heavy atom. The number of nitrogens with zero attached hydrogens (tertiary/aromatic N) is 1. The Labute approximate surface area is 93.5 Å². The van der Waals surface area contributed by atoms with Gasteiger partial charge in [0.2, 0.25) is 5.91 Å². The van der Waals surface area contributed by atoms with Gasteiger partial charge in [-0.2, -0.15) is 0 Å². The molecule has 1 amide bonds. The van der Waals surface area contributed by atoms with Crippen LogP contribution in [0.25, 0.3) is 0 Å².